The Bertz CT molecular complexity index is 496. The molecule has 1 aromatic heterocycles. The molecule has 0 unspecified atom stereocenters. The number of hydrogen-bond donors (Lipinski definition) is 1. The quantitative estimate of drug-likeness (QED) is 0.695. The molecular weight excluding hydrogens is 270 g/mol. The van der Waals surface area contributed by atoms with Gasteiger partial charge in [-0.3, -0.25) is 4.79 Å². The highest BCUT2D eigenvalue weighted by Gasteiger charge is 2.09. The second kappa shape index (κ2) is 6.54. The molecule has 2 N–H and O–H groups in total. The smallest absolute Gasteiger partial charge is 0.308 e. The lowest BCUT2D eigenvalue weighted by Gasteiger charge is -2.10. The first-order valence-electron chi connectivity index (χ1n) is 5.24. The molecule has 0 aliphatic rings. The topological polar surface area (TPSA) is 52.3 Å². The van der Waals surface area contributed by atoms with Gasteiger partial charge in [0.25, 0.3) is 0 Å². The minimum absolute atomic E-state index is 0. The van der Waals surface area contributed by atoms with Crippen LogP contribution in [0.1, 0.15) is 23.4 Å². The summed E-state index contributed by atoms with van der Waals surface area (Å²) in [5.74, 6) is 0.222. The Morgan fingerprint density at radius 2 is 1.94 bits per heavy atom. The lowest BCUT2D eigenvalue weighted by atomic mass is 10.1. The number of hydrogen-bond acceptors (Lipinski definition) is 4. The molecule has 0 bridgehead atoms. The summed E-state index contributed by atoms with van der Waals surface area (Å²) >= 11 is 1.63. The van der Waals surface area contributed by atoms with Crippen molar-refractivity contribution in [2.45, 2.75) is 13.0 Å². The molecule has 3 nitrogen and oxygen atoms in total. The van der Waals surface area contributed by atoms with E-state index in [1.807, 2.05) is 29.6 Å². The summed E-state index contributed by atoms with van der Waals surface area (Å²) in [6.07, 6.45) is 0. The van der Waals surface area contributed by atoms with Gasteiger partial charge in [0.1, 0.15) is 5.75 Å². The number of benzene rings is 1. The molecule has 0 spiro atoms. The monoisotopic (exact) mass is 283 g/mol. The highest BCUT2D eigenvalue weighted by Crippen LogP contribution is 2.25. The maximum Gasteiger partial charge on any atom is 0.308 e. The summed E-state index contributed by atoms with van der Waals surface area (Å²) in [5, 5.41) is 2.00. The zero-order valence-corrected chi connectivity index (χ0v) is 11.5. The first-order chi connectivity index (χ1) is 8.16. The molecule has 0 saturated heterocycles. The second-order valence-corrected chi connectivity index (χ2v) is 4.64. The van der Waals surface area contributed by atoms with Crippen LogP contribution in [-0.2, 0) is 4.79 Å². The number of esters is 1. The summed E-state index contributed by atoms with van der Waals surface area (Å²) in [6.45, 7) is 1.38. The molecule has 0 fully saturated rings. The van der Waals surface area contributed by atoms with Gasteiger partial charge in [0.2, 0.25) is 0 Å². The van der Waals surface area contributed by atoms with Gasteiger partial charge in [0, 0.05) is 11.8 Å². The van der Waals surface area contributed by atoms with Crippen LogP contribution in [0.4, 0.5) is 0 Å². The van der Waals surface area contributed by atoms with E-state index in [-0.39, 0.29) is 24.4 Å². The van der Waals surface area contributed by atoms with Crippen molar-refractivity contribution >= 4 is 29.7 Å². The van der Waals surface area contributed by atoms with E-state index < -0.39 is 0 Å². The van der Waals surface area contributed by atoms with Crippen LogP contribution in [-0.4, -0.2) is 5.97 Å². The van der Waals surface area contributed by atoms with Crippen LogP contribution in [0.15, 0.2) is 41.8 Å². The normalized spacial score (nSPS) is 11.4. The lowest BCUT2D eigenvalue weighted by molar-refractivity contribution is -0.131. The number of rotatable bonds is 3. The van der Waals surface area contributed by atoms with E-state index in [9.17, 15) is 4.79 Å². The fraction of sp³-hybridized carbons (Fsp3) is 0.154. The van der Waals surface area contributed by atoms with E-state index in [4.69, 9.17) is 10.5 Å². The van der Waals surface area contributed by atoms with Gasteiger partial charge in [0.05, 0.1) is 6.04 Å². The van der Waals surface area contributed by atoms with Gasteiger partial charge in [-0.05, 0) is 29.1 Å². The summed E-state index contributed by atoms with van der Waals surface area (Å²) in [4.78, 5) is 11.9. The van der Waals surface area contributed by atoms with Gasteiger partial charge >= 0.3 is 5.97 Å². The third-order valence-electron chi connectivity index (χ3n) is 2.35. The van der Waals surface area contributed by atoms with Crippen LogP contribution in [0.2, 0.25) is 0 Å². The predicted octanol–water partition coefficient (Wildman–Crippen LogP) is 3.14. The van der Waals surface area contributed by atoms with Gasteiger partial charge < -0.3 is 10.5 Å². The summed E-state index contributed by atoms with van der Waals surface area (Å²) in [6, 6.07) is 11.1. The van der Waals surface area contributed by atoms with E-state index in [0.717, 1.165) is 10.4 Å². The van der Waals surface area contributed by atoms with Gasteiger partial charge in [-0.2, -0.15) is 0 Å². The maximum absolute atomic E-state index is 10.8. The summed E-state index contributed by atoms with van der Waals surface area (Å²) < 4.78 is 4.96. The van der Waals surface area contributed by atoms with Crippen molar-refractivity contribution in [3.63, 3.8) is 0 Å². The highest BCUT2D eigenvalue weighted by atomic mass is 35.5. The number of ether oxygens (including phenoxy) is 1. The molecule has 0 amide bonds. The van der Waals surface area contributed by atoms with Crippen molar-refractivity contribution in [1.82, 2.24) is 0 Å². The van der Waals surface area contributed by atoms with Crippen LogP contribution in [0.5, 0.6) is 5.75 Å². The molecule has 18 heavy (non-hydrogen) atoms. The van der Waals surface area contributed by atoms with Crippen LogP contribution in [0, 0.1) is 0 Å². The average Bonchev–Trinajstić information content (AvgIpc) is 2.82. The molecule has 0 aliphatic heterocycles. The first kappa shape index (κ1) is 14.7. The number of thiophene rings is 1. The van der Waals surface area contributed by atoms with E-state index in [0.29, 0.717) is 5.75 Å². The van der Waals surface area contributed by atoms with Crippen LogP contribution in [0.3, 0.4) is 0 Å². The first-order valence-corrected chi connectivity index (χ1v) is 6.12. The standard InChI is InChI=1S/C13H13NO2S.ClH/c1-9(15)16-11-6-4-10(5-7-11)13(14)12-3-2-8-17-12;/h2-8,13H,14H2,1H3;1H/t13-;/m0./s1. The number of carbonyl (C=O) groups excluding carboxylic acids is 1. The van der Waals surface area contributed by atoms with Crippen molar-refractivity contribution in [1.29, 1.82) is 0 Å². The minimum Gasteiger partial charge on any atom is -0.427 e. The van der Waals surface area contributed by atoms with Gasteiger partial charge in [0.15, 0.2) is 0 Å². The fourth-order valence-corrected chi connectivity index (χ4v) is 2.30. The largest absolute Gasteiger partial charge is 0.427 e. The van der Waals surface area contributed by atoms with Crippen LogP contribution < -0.4 is 10.5 Å². The molecule has 0 saturated carbocycles. The summed E-state index contributed by atoms with van der Waals surface area (Å²) in [7, 11) is 0. The zero-order valence-electron chi connectivity index (χ0n) is 9.83. The Kier molecular flexibility index (Phi) is 5.34. The van der Waals surface area contributed by atoms with Gasteiger partial charge in [-0.25, -0.2) is 0 Å². The number of halogens is 1. The number of carbonyl (C=O) groups is 1. The molecular formula is C13H14ClNO2S. The Labute approximate surface area is 116 Å². The molecule has 2 aromatic rings. The number of nitrogens with two attached hydrogens (primary N) is 1. The van der Waals surface area contributed by atoms with E-state index in [1.165, 1.54) is 6.92 Å². The predicted molar refractivity (Wildman–Crippen MR) is 75.3 cm³/mol. The molecule has 96 valence electrons. The molecule has 0 radical (unpaired) electrons. The third kappa shape index (κ3) is 3.57. The van der Waals surface area contributed by atoms with Gasteiger partial charge in [-0.15, -0.1) is 23.7 Å². The molecule has 1 atom stereocenters. The Morgan fingerprint density at radius 3 is 2.44 bits per heavy atom. The average molecular weight is 284 g/mol. The maximum atomic E-state index is 10.8. The lowest BCUT2D eigenvalue weighted by Crippen LogP contribution is -2.10. The molecule has 1 aromatic carbocycles. The van der Waals surface area contributed by atoms with Gasteiger partial charge in [-0.1, -0.05) is 18.2 Å². The van der Waals surface area contributed by atoms with E-state index >= 15 is 0 Å². The molecule has 1 heterocycles. The Hall–Kier alpha value is -1.36. The fourth-order valence-electron chi connectivity index (χ4n) is 1.54. The van der Waals surface area contributed by atoms with Crippen molar-refractivity contribution in [2.24, 2.45) is 5.73 Å². The minimum atomic E-state index is -0.319. The third-order valence-corrected chi connectivity index (χ3v) is 3.31. The second-order valence-electron chi connectivity index (χ2n) is 3.66. The van der Waals surface area contributed by atoms with Crippen LogP contribution in [0.25, 0.3) is 0 Å². The van der Waals surface area contributed by atoms with Crippen molar-refractivity contribution < 1.29 is 9.53 Å². The van der Waals surface area contributed by atoms with E-state index in [1.54, 1.807) is 23.5 Å². The SMILES string of the molecule is CC(=O)Oc1ccc([C@H](N)c2cccs2)cc1.Cl. The zero-order chi connectivity index (χ0) is 12.3. The summed E-state index contributed by atoms with van der Waals surface area (Å²) in [5.41, 5.74) is 7.12. The molecule has 5 heteroatoms. The van der Waals surface area contributed by atoms with Crippen LogP contribution >= 0.6 is 23.7 Å². The van der Waals surface area contributed by atoms with Crippen molar-refractivity contribution in [3.05, 3.63) is 52.2 Å². The highest BCUT2D eigenvalue weighted by molar-refractivity contribution is 7.10. The van der Waals surface area contributed by atoms with Crippen molar-refractivity contribution in [2.75, 3.05) is 0 Å². The Balaban J connectivity index is 0.00000162. The van der Waals surface area contributed by atoms with E-state index in [2.05, 4.69) is 0 Å². The Morgan fingerprint density at radius 1 is 1.28 bits per heavy atom. The van der Waals surface area contributed by atoms with Crippen molar-refractivity contribution in [3.8, 4) is 5.75 Å². The molecule has 2 rings (SSSR count). The molecule has 0 aliphatic carbocycles.